The van der Waals surface area contributed by atoms with Crippen molar-refractivity contribution in [3.8, 4) is 0 Å². The van der Waals surface area contributed by atoms with Gasteiger partial charge < -0.3 is 0 Å². The fourth-order valence-electron chi connectivity index (χ4n) is 2.67. The van der Waals surface area contributed by atoms with E-state index in [1.165, 1.54) is 16.7 Å². The van der Waals surface area contributed by atoms with Crippen LogP contribution in [-0.2, 0) is 0 Å². The molecule has 0 aliphatic carbocycles. The first-order valence-electron chi connectivity index (χ1n) is 7.00. The summed E-state index contributed by atoms with van der Waals surface area (Å²) in [7, 11) is 0. The van der Waals surface area contributed by atoms with Crippen molar-refractivity contribution >= 4 is 22.6 Å². The lowest BCUT2D eigenvalue weighted by molar-refractivity contribution is 0.857. The van der Waals surface area contributed by atoms with Crippen LogP contribution in [0, 0.1) is 20.8 Å². The van der Waals surface area contributed by atoms with E-state index in [2.05, 4.69) is 43.2 Å². The standard InChI is InChI=1S/C17H18N4/c1-11-9-12(2)17(13(3)10-11)18-14(4)21-16-8-6-5-7-15(16)19-20-21/h5-10H,1-4H3. The summed E-state index contributed by atoms with van der Waals surface area (Å²) in [6.07, 6.45) is 0. The molecule has 0 spiro atoms. The lowest BCUT2D eigenvalue weighted by Gasteiger charge is -2.08. The van der Waals surface area contributed by atoms with Crippen LogP contribution in [-0.4, -0.2) is 20.8 Å². The second-order valence-electron chi connectivity index (χ2n) is 5.40. The van der Waals surface area contributed by atoms with E-state index in [9.17, 15) is 0 Å². The molecule has 0 fully saturated rings. The summed E-state index contributed by atoms with van der Waals surface area (Å²) < 4.78 is 1.79. The second kappa shape index (κ2) is 5.13. The molecule has 0 atom stereocenters. The van der Waals surface area contributed by atoms with Gasteiger partial charge in [0.25, 0.3) is 0 Å². The monoisotopic (exact) mass is 278 g/mol. The number of aliphatic imine (C=N–C) groups is 1. The number of fused-ring (bicyclic) bond motifs is 1. The van der Waals surface area contributed by atoms with Crippen LogP contribution in [0.2, 0.25) is 0 Å². The minimum atomic E-state index is 0.818. The predicted octanol–water partition coefficient (Wildman–Crippen LogP) is 3.95. The van der Waals surface area contributed by atoms with Crippen LogP contribution < -0.4 is 0 Å². The van der Waals surface area contributed by atoms with Crippen LogP contribution >= 0.6 is 0 Å². The molecule has 0 aliphatic heterocycles. The molecular weight excluding hydrogens is 260 g/mol. The Morgan fingerprint density at radius 1 is 1.05 bits per heavy atom. The van der Waals surface area contributed by atoms with Crippen LogP contribution in [0.5, 0.6) is 0 Å². The molecule has 0 aliphatic rings. The van der Waals surface area contributed by atoms with E-state index in [1.807, 2.05) is 31.2 Å². The van der Waals surface area contributed by atoms with Crippen LogP contribution in [0.1, 0.15) is 23.6 Å². The SMILES string of the molecule is CC(=Nc1c(C)cc(C)cc1C)n1nnc2ccccc21. The molecule has 3 rings (SSSR count). The Kier molecular flexibility index (Phi) is 3.29. The molecule has 4 nitrogen and oxygen atoms in total. The second-order valence-corrected chi connectivity index (χ2v) is 5.40. The van der Waals surface area contributed by atoms with Crippen LogP contribution in [0.25, 0.3) is 11.0 Å². The minimum absolute atomic E-state index is 0.818. The fraction of sp³-hybridized carbons (Fsp3) is 0.235. The van der Waals surface area contributed by atoms with Gasteiger partial charge in [-0.25, -0.2) is 4.99 Å². The molecule has 0 radical (unpaired) electrons. The van der Waals surface area contributed by atoms with Crippen molar-refractivity contribution in [3.05, 3.63) is 53.1 Å². The smallest absolute Gasteiger partial charge is 0.129 e. The summed E-state index contributed by atoms with van der Waals surface area (Å²) in [5, 5.41) is 8.38. The number of para-hydroxylation sites is 1. The predicted molar refractivity (Wildman–Crippen MR) is 86.3 cm³/mol. The number of hydrogen-bond donors (Lipinski definition) is 0. The van der Waals surface area contributed by atoms with Crippen LogP contribution in [0.15, 0.2) is 41.4 Å². The first-order chi connectivity index (χ1) is 10.1. The van der Waals surface area contributed by atoms with Gasteiger partial charge in [0.2, 0.25) is 0 Å². The zero-order chi connectivity index (χ0) is 15.0. The third-order valence-electron chi connectivity index (χ3n) is 3.57. The third kappa shape index (κ3) is 2.44. The summed E-state index contributed by atoms with van der Waals surface area (Å²) in [6, 6.07) is 12.2. The van der Waals surface area contributed by atoms with Crippen LogP contribution in [0.4, 0.5) is 5.69 Å². The quantitative estimate of drug-likeness (QED) is 0.499. The molecule has 2 aromatic carbocycles. The molecule has 0 unspecified atom stereocenters. The van der Waals surface area contributed by atoms with E-state index < -0.39 is 0 Å². The molecule has 0 N–H and O–H groups in total. The number of hydrogen-bond acceptors (Lipinski definition) is 3. The maximum atomic E-state index is 4.77. The summed E-state index contributed by atoms with van der Waals surface area (Å²) in [6.45, 7) is 8.24. The normalized spacial score (nSPS) is 12.1. The minimum Gasteiger partial charge on any atom is -0.233 e. The maximum absolute atomic E-state index is 4.77. The fourth-order valence-corrected chi connectivity index (χ4v) is 2.67. The summed E-state index contributed by atoms with van der Waals surface area (Å²) in [4.78, 5) is 4.77. The zero-order valence-corrected chi connectivity index (χ0v) is 12.8. The van der Waals surface area contributed by atoms with Crippen molar-refractivity contribution in [1.29, 1.82) is 0 Å². The van der Waals surface area contributed by atoms with E-state index >= 15 is 0 Å². The molecule has 0 saturated heterocycles. The van der Waals surface area contributed by atoms with Gasteiger partial charge in [-0.2, -0.15) is 4.68 Å². The summed E-state index contributed by atoms with van der Waals surface area (Å²) in [5.41, 5.74) is 6.48. The first kappa shape index (κ1) is 13.5. The van der Waals surface area contributed by atoms with E-state index in [1.54, 1.807) is 4.68 Å². The average Bonchev–Trinajstić information content (AvgIpc) is 2.86. The van der Waals surface area contributed by atoms with Crippen molar-refractivity contribution < 1.29 is 0 Å². The zero-order valence-electron chi connectivity index (χ0n) is 12.8. The first-order valence-corrected chi connectivity index (χ1v) is 7.00. The van der Waals surface area contributed by atoms with Crippen molar-refractivity contribution in [2.45, 2.75) is 27.7 Å². The molecule has 1 aromatic heterocycles. The highest BCUT2D eigenvalue weighted by atomic mass is 15.4. The molecule has 3 aromatic rings. The van der Waals surface area contributed by atoms with Gasteiger partial charge in [-0.3, -0.25) is 0 Å². The van der Waals surface area contributed by atoms with Crippen molar-refractivity contribution in [3.63, 3.8) is 0 Å². The van der Waals surface area contributed by atoms with Gasteiger partial charge in [0.15, 0.2) is 0 Å². The molecule has 21 heavy (non-hydrogen) atoms. The van der Waals surface area contributed by atoms with Crippen LogP contribution in [0.3, 0.4) is 0 Å². The summed E-state index contributed by atoms with van der Waals surface area (Å²) >= 11 is 0. The molecule has 1 heterocycles. The van der Waals surface area contributed by atoms with Gasteiger partial charge in [0.05, 0.1) is 11.2 Å². The Balaban J connectivity index is 2.12. The number of nitrogens with zero attached hydrogens (tertiary/aromatic N) is 4. The van der Waals surface area contributed by atoms with E-state index in [0.29, 0.717) is 0 Å². The highest BCUT2D eigenvalue weighted by Crippen LogP contribution is 2.25. The van der Waals surface area contributed by atoms with Gasteiger partial charge in [-0.05, 0) is 51.0 Å². The topological polar surface area (TPSA) is 43.1 Å². The molecular formula is C17H18N4. The Labute approximate surface area is 124 Å². The van der Waals surface area contributed by atoms with Gasteiger partial charge >= 0.3 is 0 Å². The molecule has 0 amide bonds. The number of aromatic nitrogens is 3. The van der Waals surface area contributed by atoms with E-state index in [0.717, 1.165) is 22.6 Å². The molecule has 0 bridgehead atoms. The maximum Gasteiger partial charge on any atom is 0.129 e. The van der Waals surface area contributed by atoms with Gasteiger partial charge in [0.1, 0.15) is 11.4 Å². The Morgan fingerprint density at radius 3 is 2.43 bits per heavy atom. The molecule has 0 saturated carbocycles. The largest absolute Gasteiger partial charge is 0.233 e. The van der Waals surface area contributed by atoms with Gasteiger partial charge in [-0.1, -0.05) is 35.0 Å². The Morgan fingerprint density at radius 2 is 1.71 bits per heavy atom. The molecule has 4 heteroatoms. The van der Waals surface area contributed by atoms with Crippen molar-refractivity contribution in [1.82, 2.24) is 15.0 Å². The average molecular weight is 278 g/mol. The number of benzene rings is 2. The van der Waals surface area contributed by atoms with Crippen molar-refractivity contribution in [2.75, 3.05) is 0 Å². The lowest BCUT2D eigenvalue weighted by Crippen LogP contribution is -2.09. The number of rotatable bonds is 1. The Hall–Kier alpha value is -2.49. The third-order valence-corrected chi connectivity index (χ3v) is 3.57. The summed E-state index contributed by atoms with van der Waals surface area (Å²) in [5.74, 6) is 0.818. The van der Waals surface area contributed by atoms with Gasteiger partial charge in [-0.15, -0.1) is 5.10 Å². The highest BCUT2D eigenvalue weighted by molar-refractivity contribution is 5.92. The lowest BCUT2D eigenvalue weighted by atomic mass is 10.1. The number of aryl methyl sites for hydroxylation is 3. The molecule has 106 valence electrons. The highest BCUT2D eigenvalue weighted by Gasteiger charge is 2.08. The van der Waals surface area contributed by atoms with E-state index in [-0.39, 0.29) is 0 Å². The van der Waals surface area contributed by atoms with Crippen molar-refractivity contribution in [2.24, 2.45) is 4.99 Å². The van der Waals surface area contributed by atoms with Gasteiger partial charge in [0, 0.05) is 0 Å². The Bertz CT molecular complexity index is 820. The van der Waals surface area contributed by atoms with E-state index in [4.69, 9.17) is 4.99 Å².